The van der Waals surface area contributed by atoms with Crippen molar-refractivity contribution in [3.63, 3.8) is 0 Å². The Bertz CT molecular complexity index is 1410. The number of alkyl halides is 1. The number of H-pyrrole nitrogens is 1. The molecule has 0 aromatic carbocycles. The summed E-state index contributed by atoms with van der Waals surface area (Å²) in [7, 11) is -16.6. The molecule has 1 saturated heterocycles. The van der Waals surface area contributed by atoms with Crippen LogP contribution in [0.4, 0.5) is 10.2 Å². The first kappa shape index (κ1) is 27.0. The summed E-state index contributed by atoms with van der Waals surface area (Å²) in [6.45, 7) is 0.415. The van der Waals surface area contributed by atoms with Gasteiger partial charge >= 0.3 is 23.5 Å². The lowest BCUT2D eigenvalue weighted by atomic mass is 10.0. The summed E-state index contributed by atoms with van der Waals surface area (Å²) in [6.07, 6.45) is 1.37. The van der Waals surface area contributed by atoms with Crippen LogP contribution in [-0.4, -0.2) is 62.7 Å². The van der Waals surface area contributed by atoms with Gasteiger partial charge in [0.15, 0.2) is 11.9 Å². The van der Waals surface area contributed by atoms with Gasteiger partial charge in [-0.3, -0.25) is 9.62 Å². The summed E-state index contributed by atoms with van der Waals surface area (Å²) in [5.41, 5.74) is 5.24. The smallest absolute Gasteiger partial charge is 0.383 e. The number of halogens is 1. The highest BCUT2D eigenvalue weighted by Gasteiger charge is 2.49. The quantitative estimate of drug-likeness (QED) is 0.200. The van der Waals surface area contributed by atoms with Crippen molar-refractivity contribution in [1.82, 2.24) is 24.7 Å². The van der Waals surface area contributed by atoms with E-state index in [1.54, 1.807) is 6.07 Å². The molecule has 198 valence electrons. The molecule has 0 radical (unpaired) electrons. The van der Waals surface area contributed by atoms with Crippen molar-refractivity contribution >= 4 is 40.3 Å². The number of phosphoric ester groups is 1. The van der Waals surface area contributed by atoms with E-state index in [9.17, 15) is 23.5 Å². The molecule has 1 aliphatic rings. The molecule has 5 unspecified atom stereocenters. The Morgan fingerprint density at radius 1 is 1.25 bits per heavy atom. The lowest BCUT2D eigenvalue weighted by Crippen LogP contribution is -2.27. The number of aromatic nitrogens is 5. The van der Waals surface area contributed by atoms with Crippen molar-refractivity contribution in [3.8, 4) is 11.3 Å². The molecule has 3 aromatic heterocycles. The van der Waals surface area contributed by atoms with Gasteiger partial charge in [-0.05, 0) is 13.0 Å². The zero-order valence-electron chi connectivity index (χ0n) is 18.1. The zero-order chi connectivity index (χ0) is 26.5. The number of nitrogen functional groups attached to an aromatic ring is 1. The maximum Gasteiger partial charge on any atom is 0.490 e. The summed E-state index contributed by atoms with van der Waals surface area (Å²) in [4.78, 5) is 44.2. The number of phosphoric acid groups is 3. The van der Waals surface area contributed by atoms with Crippen LogP contribution in [0.25, 0.3) is 22.3 Å². The number of aromatic amines is 1. The number of hydrogen-bond donors (Lipinski definition) is 6. The summed E-state index contributed by atoms with van der Waals surface area (Å²) in [6, 6.07) is 1.65. The Labute approximate surface area is 200 Å². The monoisotopic (exact) mass is 572 g/mol. The average Bonchev–Trinajstić information content (AvgIpc) is 3.41. The van der Waals surface area contributed by atoms with E-state index in [4.69, 9.17) is 20.3 Å². The molecule has 0 aliphatic carbocycles. The van der Waals surface area contributed by atoms with Crippen molar-refractivity contribution in [2.75, 3.05) is 12.3 Å². The van der Waals surface area contributed by atoms with Crippen LogP contribution < -0.4 is 5.73 Å². The molecule has 36 heavy (non-hydrogen) atoms. The number of anilines is 1. The molecule has 1 aliphatic heterocycles. The van der Waals surface area contributed by atoms with Crippen LogP contribution in [-0.2, 0) is 31.6 Å². The molecule has 3 aromatic rings. The van der Waals surface area contributed by atoms with Gasteiger partial charge < -0.3 is 34.6 Å². The fraction of sp³-hybridized carbons (Fsp3) is 0.400. The second-order valence-corrected chi connectivity index (χ2v) is 12.3. The third-order valence-electron chi connectivity index (χ3n) is 4.98. The molecule has 0 amide bonds. The molecule has 7 N–H and O–H groups in total. The van der Waals surface area contributed by atoms with Crippen LogP contribution in [0.2, 0.25) is 0 Å². The predicted molar refractivity (Wildman–Crippen MR) is 117 cm³/mol. The Hall–Kier alpha value is -2.07. The van der Waals surface area contributed by atoms with Gasteiger partial charge in [0, 0.05) is 24.4 Å². The van der Waals surface area contributed by atoms with E-state index in [-0.39, 0.29) is 17.9 Å². The highest BCUT2D eigenvalue weighted by atomic mass is 31.3. The Morgan fingerprint density at radius 2 is 1.97 bits per heavy atom. The standard InChI is InChI=1S/C15H20FN6O11P3/c1-15(16)4-8(6-30-35(26,27)33-36(28,29)32-34(23,24)25)31-14(15)22-5-9(10-2-3-20-21-10)11-12(17)18-7-19-13(11)22/h2-3,5,7-8,14H,4,6H2,1H3,(H,20,21)(H,26,27)(H,28,29)(H2,17,18,19)(H2,23,24,25). The Morgan fingerprint density at radius 3 is 2.61 bits per heavy atom. The summed E-state index contributed by atoms with van der Waals surface area (Å²) < 4.78 is 68.7. The fourth-order valence-electron chi connectivity index (χ4n) is 3.75. The lowest BCUT2D eigenvalue weighted by Gasteiger charge is -2.23. The largest absolute Gasteiger partial charge is 0.490 e. The first-order valence-electron chi connectivity index (χ1n) is 9.80. The van der Waals surface area contributed by atoms with Gasteiger partial charge in [0.1, 0.15) is 17.8 Å². The lowest BCUT2D eigenvalue weighted by molar-refractivity contribution is -0.0555. The van der Waals surface area contributed by atoms with Gasteiger partial charge in [-0.2, -0.15) is 13.7 Å². The highest BCUT2D eigenvalue weighted by molar-refractivity contribution is 7.66. The van der Waals surface area contributed by atoms with Crippen LogP contribution >= 0.6 is 23.5 Å². The maximum atomic E-state index is 15.6. The molecule has 0 saturated carbocycles. The van der Waals surface area contributed by atoms with Gasteiger partial charge in [0.25, 0.3) is 0 Å². The molecule has 4 rings (SSSR count). The number of ether oxygens (including phenoxy) is 1. The third kappa shape index (κ3) is 5.90. The first-order valence-corrected chi connectivity index (χ1v) is 14.3. The second kappa shape index (κ2) is 9.35. The third-order valence-corrected chi connectivity index (χ3v) is 8.79. The minimum absolute atomic E-state index is 0.117. The van der Waals surface area contributed by atoms with Gasteiger partial charge in [-0.1, -0.05) is 0 Å². The van der Waals surface area contributed by atoms with Crippen LogP contribution in [0.15, 0.2) is 24.8 Å². The van der Waals surface area contributed by atoms with Gasteiger partial charge in [0.2, 0.25) is 0 Å². The molecule has 21 heteroatoms. The molecular weight excluding hydrogens is 552 g/mol. The van der Waals surface area contributed by atoms with Gasteiger partial charge in [-0.15, -0.1) is 0 Å². The summed E-state index contributed by atoms with van der Waals surface area (Å²) >= 11 is 0. The van der Waals surface area contributed by atoms with E-state index >= 15 is 4.39 Å². The van der Waals surface area contributed by atoms with E-state index in [2.05, 4.69) is 33.3 Å². The predicted octanol–water partition coefficient (Wildman–Crippen LogP) is 1.76. The zero-order valence-corrected chi connectivity index (χ0v) is 20.8. The Kier molecular flexibility index (Phi) is 7.00. The van der Waals surface area contributed by atoms with Crippen LogP contribution in [0.3, 0.4) is 0 Å². The van der Waals surface area contributed by atoms with Crippen molar-refractivity contribution in [2.45, 2.75) is 31.3 Å². The van der Waals surface area contributed by atoms with E-state index < -0.39 is 48.1 Å². The van der Waals surface area contributed by atoms with Crippen LogP contribution in [0.5, 0.6) is 0 Å². The molecule has 4 heterocycles. The average molecular weight is 572 g/mol. The van der Waals surface area contributed by atoms with Crippen molar-refractivity contribution < 1.29 is 55.5 Å². The van der Waals surface area contributed by atoms with Crippen LogP contribution in [0, 0.1) is 0 Å². The Balaban J connectivity index is 1.54. The summed E-state index contributed by atoms with van der Waals surface area (Å²) in [5, 5.41) is 7.06. The number of nitrogens with one attached hydrogen (secondary N) is 1. The molecule has 17 nitrogen and oxygen atoms in total. The van der Waals surface area contributed by atoms with E-state index in [1.165, 1.54) is 30.2 Å². The number of nitrogens with two attached hydrogens (primary N) is 1. The van der Waals surface area contributed by atoms with E-state index in [0.29, 0.717) is 16.6 Å². The minimum Gasteiger partial charge on any atom is -0.383 e. The van der Waals surface area contributed by atoms with Crippen molar-refractivity contribution in [3.05, 3.63) is 24.8 Å². The minimum atomic E-state index is -5.69. The molecule has 1 fully saturated rings. The van der Waals surface area contributed by atoms with E-state index in [0.717, 1.165) is 0 Å². The number of hydrogen-bond acceptors (Lipinski definition) is 11. The maximum absolute atomic E-state index is 15.6. The summed E-state index contributed by atoms with van der Waals surface area (Å²) in [5.74, 6) is 0.117. The van der Waals surface area contributed by atoms with Crippen molar-refractivity contribution in [1.29, 1.82) is 0 Å². The fourth-order valence-corrected chi connectivity index (χ4v) is 6.80. The second-order valence-electron chi connectivity index (χ2n) is 7.86. The van der Waals surface area contributed by atoms with Gasteiger partial charge in [0.05, 0.1) is 23.8 Å². The van der Waals surface area contributed by atoms with Gasteiger partial charge in [-0.25, -0.2) is 28.1 Å². The molecule has 0 bridgehead atoms. The molecular formula is C15H20FN6O11P3. The van der Waals surface area contributed by atoms with Crippen LogP contribution in [0.1, 0.15) is 19.6 Å². The number of nitrogens with zero attached hydrogens (tertiary/aromatic N) is 4. The molecule has 0 spiro atoms. The normalized spacial score (nSPS) is 26.2. The number of rotatable bonds is 9. The van der Waals surface area contributed by atoms with Crippen molar-refractivity contribution in [2.24, 2.45) is 0 Å². The molecule has 5 atom stereocenters. The number of fused-ring (bicyclic) bond motifs is 1. The topological polar surface area (TPSA) is 254 Å². The van der Waals surface area contributed by atoms with E-state index in [1.807, 2.05) is 0 Å². The first-order chi connectivity index (χ1) is 16.6. The highest BCUT2D eigenvalue weighted by Crippen LogP contribution is 2.66. The SMILES string of the molecule is CC1(F)CC(COP(=O)(O)OP(=O)(O)OP(=O)(O)O)OC1n1cc(-c2ccn[nH]2)c2c(N)ncnc21.